The van der Waals surface area contributed by atoms with Crippen LogP contribution in [0, 0.1) is 0 Å². The van der Waals surface area contributed by atoms with Crippen LogP contribution in [0.1, 0.15) is 5.56 Å². The molecule has 0 aliphatic heterocycles. The highest BCUT2D eigenvalue weighted by Gasteiger charge is 1.96. The summed E-state index contributed by atoms with van der Waals surface area (Å²) in [5, 5.41) is 12.3. The van der Waals surface area contributed by atoms with Gasteiger partial charge in [-0.3, -0.25) is 4.98 Å². The first kappa shape index (κ1) is 11.2. The summed E-state index contributed by atoms with van der Waals surface area (Å²) in [7, 11) is 0. The Morgan fingerprint density at radius 2 is 1.94 bits per heavy atom. The standard InChI is InChI=1S/C12H14N4O/c13-11-7-14-8-12(16-11)15-6-5-9-1-3-10(17)4-2-9/h1-4,7-8,17H,5-6H2,(H3,13,15,16). The third kappa shape index (κ3) is 3.34. The molecule has 0 aliphatic rings. The Labute approximate surface area is 99.3 Å². The molecule has 0 radical (unpaired) electrons. The van der Waals surface area contributed by atoms with Crippen molar-refractivity contribution in [1.82, 2.24) is 9.97 Å². The lowest BCUT2D eigenvalue weighted by atomic mass is 10.1. The molecule has 0 unspecified atom stereocenters. The van der Waals surface area contributed by atoms with E-state index >= 15 is 0 Å². The van der Waals surface area contributed by atoms with Crippen LogP contribution in [0.2, 0.25) is 0 Å². The summed E-state index contributed by atoms with van der Waals surface area (Å²) in [4.78, 5) is 8.02. The number of aromatic hydroxyl groups is 1. The first-order valence-electron chi connectivity index (χ1n) is 5.33. The van der Waals surface area contributed by atoms with E-state index in [1.165, 1.54) is 6.20 Å². The molecule has 5 nitrogen and oxygen atoms in total. The molecule has 0 saturated heterocycles. The monoisotopic (exact) mass is 230 g/mol. The molecule has 0 amide bonds. The minimum Gasteiger partial charge on any atom is -0.508 e. The van der Waals surface area contributed by atoms with Crippen molar-refractivity contribution in [2.75, 3.05) is 17.6 Å². The molecular formula is C12H14N4O. The number of hydrogen-bond acceptors (Lipinski definition) is 5. The van der Waals surface area contributed by atoms with E-state index in [1.807, 2.05) is 12.1 Å². The Hall–Kier alpha value is -2.30. The lowest BCUT2D eigenvalue weighted by Gasteiger charge is -2.05. The van der Waals surface area contributed by atoms with Gasteiger partial charge in [0.1, 0.15) is 17.4 Å². The molecule has 1 aromatic heterocycles. The van der Waals surface area contributed by atoms with Gasteiger partial charge < -0.3 is 16.2 Å². The summed E-state index contributed by atoms with van der Waals surface area (Å²) in [5.41, 5.74) is 6.66. The molecule has 2 aromatic rings. The predicted molar refractivity (Wildman–Crippen MR) is 66.7 cm³/mol. The Kier molecular flexibility index (Phi) is 3.40. The van der Waals surface area contributed by atoms with Crippen LogP contribution in [0.25, 0.3) is 0 Å². The number of nitrogens with two attached hydrogens (primary N) is 1. The molecule has 0 atom stereocenters. The largest absolute Gasteiger partial charge is 0.508 e. The van der Waals surface area contributed by atoms with Gasteiger partial charge in [0, 0.05) is 6.54 Å². The number of aromatic nitrogens is 2. The second-order valence-electron chi connectivity index (χ2n) is 3.67. The first-order valence-corrected chi connectivity index (χ1v) is 5.33. The number of nitrogen functional groups attached to an aromatic ring is 1. The smallest absolute Gasteiger partial charge is 0.146 e. The number of nitrogens with one attached hydrogen (secondary N) is 1. The number of nitrogens with zero attached hydrogens (tertiary/aromatic N) is 2. The van der Waals surface area contributed by atoms with Gasteiger partial charge in [-0.05, 0) is 24.1 Å². The van der Waals surface area contributed by atoms with Crippen LogP contribution < -0.4 is 11.1 Å². The highest BCUT2D eigenvalue weighted by molar-refractivity contribution is 5.38. The summed E-state index contributed by atoms with van der Waals surface area (Å²) in [6, 6.07) is 7.13. The number of hydrogen-bond donors (Lipinski definition) is 3. The van der Waals surface area contributed by atoms with Gasteiger partial charge in [0.15, 0.2) is 0 Å². The Morgan fingerprint density at radius 1 is 1.18 bits per heavy atom. The fraction of sp³-hybridized carbons (Fsp3) is 0.167. The van der Waals surface area contributed by atoms with Crippen molar-refractivity contribution in [2.45, 2.75) is 6.42 Å². The number of phenols is 1. The second-order valence-corrected chi connectivity index (χ2v) is 3.67. The van der Waals surface area contributed by atoms with Crippen molar-refractivity contribution in [1.29, 1.82) is 0 Å². The summed E-state index contributed by atoms with van der Waals surface area (Å²) in [6.07, 6.45) is 3.98. The van der Waals surface area contributed by atoms with Crippen molar-refractivity contribution >= 4 is 11.6 Å². The fourth-order valence-electron chi connectivity index (χ4n) is 1.46. The summed E-state index contributed by atoms with van der Waals surface area (Å²) in [6.45, 7) is 0.739. The van der Waals surface area contributed by atoms with Gasteiger partial charge in [0.2, 0.25) is 0 Å². The zero-order chi connectivity index (χ0) is 12.1. The zero-order valence-corrected chi connectivity index (χ0v) is 9.30. The van der Waals surface area contributed by atoms with E-state index in [2.05, 4.69) is 15.3 Å². The molecule has 0 bridgehead atoms. The molecule has 0 aliphatic carbocycles. The van der Waals surface area contributed by atoms with Gasteiger partial charge in [0.05, 0.1) is 12.4 Å². The maximum Gasteiger partial charge on any atom is 0.146 e. The topological polar surface area (TPSA) is 84.1 Å². The Balaban J connectivity index is 1.85. The zero-order valence-electron chi connectivity index (χ0n) is 9.30. The van der Waals surface area contributed by atoms with E-state index in [4.69, 9.17) is 10.8 Å². The van der Waals surface area contributed by atoms with Crippen LogP contribution in [0.5, 0.6) is 5.75 Å². The Morgan fingerprint density at radius 3 is 2.65 bits per heavy atom. The third-order valence-corrected chi connectivity index (χ3v) is 2.31. The van der Waals surface area contributed by atoms with Crippen LogP contribution >= 0.6 is 0 Å². The second kappa shape index (κ2) is 5.16. The van der Waals surface area contributed by atoms with E-state index < -0.39 is 0 Å². The molecular weight excluding hydrogens is 216 g/mol. The average molecular weight is 230 g/mol. The maximum absolute atomic E-state index is 9.14. The van der Waals surface area contributed by atoms with Crippen LogP contribution in [0.3, 0.4) is 0 Å². The molecule has 17 heavy (non-hydrogen) atoms. The third-order valence-electron chi connectivity index (χ3n) is 2.31. The van der Waals surface area contributed by atoms with E-state index in [1.54, 1.807) is 18.3 Å². The van der Waals surface area contributed by atoms with Gasteiger partial charge >= 0.3 is 0 Å². The quantitative estimate of drug-likeness (QED) is 0.739. The highest BCUT2D eigenvalue weighted by atomic mass is 16.3. The molecule has 4 N–H and O–H groups in total. The van der Waals surface area contributed by atoms with Gasteiger partial charge in [-0.1, -0.05) is 12.1 Å². The summed E-state index contributed by atoms with van der Waals surface area (Å²) < 4.78 is 0. The summed E-state index contributed by atoms with van der Waals surface area (Å²) in [5.74, 6) is 1.35. The molecule has 0 spiro atoms. The van der Waals surface area contributed by atoms with Crippen LogP contribution in [-0.4, -0.2) is 21.6 Å². The van der Waals surface area contributed by atoms with Crippen molar-refractivity contribution in [3.8, 4) is 5.75 Å². The van der Waals surface area contributed by atoms with Crippen LogP contribution in [0.15, 0.2) is 36.7 Å². The van der Waals surface area contributed by atoms with E-state index in [-0.39, 0.29) is 5.75 Å². The maximum atomic E-state index is 9.14. The molecule has 1 aromatic carbocycles. The van der Waals surface area contributed by atoms with Crippen molar-refractivity contribution in [3.63, 3.8) is 0 Å². The fourth-order valence-corrected chi connectivity index (χ4v) is 1.46. The van der Waals surface area contributed by atoms with Crippen molar-refractivity contribution in [2.24, 2.45) is 0 Å². The predicted octanol–water partition coefficient (Wildman–Crippen LogP) is 1.42. The van der Waals surface area contributed by atoms with Crippen LogP contribution in [0.4, 0.5) is 11.6 Å². The molecule has 1 heterocycles. The molecule has 88 valence electrons. The Bertz CT molecular complexity index is 484. The van der Waals surface area contributed by atoms with Crippen molar-refractivity contribution < 1.29 is 5.11 Å². The van der Waals surface area contributed by atoms with E-state index in [0.29, 0.717) is 11.6 Å². The molecule has 0 fully saturated rings. The number of rotatable bonds is 4. The summed E-state index contributed by atoms with van der Waals surface area (Å²) >= 11 is 0. The van der Waals surface area contributed by atoms with Gasteiger partial charge in [-0.25, -0.2) is 4.98 Å². The van der Waals surface area contributed by atoms with Gasteiger partial charge in [-0.2, -0.15) is 0 Å². The van der Waals surface area contributed by atoms with Gasteiger partial charge in [-0.15, -0.1) is 0 Å². The SMILES string of the molecule is Nc1cncc(NCCc2ccc(O)cc2)n1. The number of phenolic OH excluding ortho intramolecular Hbond substituents is 1. The average Bonchev–Trinajstić information content (AvgIpc) is 2.32. The highest BCUT2D eigenvalue weighted by Crippen LogP contribution is 2.10. The number of anilines is 2. The minimum absolute atomic E-state index is 0.281. The lowest BCUT2D eigenvalue weighted by molar-refractivity contribution is 0.475. The van der Waals surface area contributed by atoms with Gasteiger partial charge in [0.25, 0.3) is 0 Å². The van der Waals surface area contributed by atoms with Crippen LogP contribution in [-0.2, 0) is 6.42 Å². The molecule has 5 heteroatoms. The van der Waals surface area contributed by atoms with E-state index in [0.717, 1.165) is 18.5 Å². The normalized spacial score (nSPS) is 10.1. The first-order chi connectivity index (χ1) is 8.24. The molecule has 2 rings (SSSR count). The lowest BCUT2D eigenvalue weighted by Crippen LogP contribution is -2.07. The number of benzene rings is 1. The molecule has 0 saturated carbocycles. The van der Waals surface area contributed by atoms with E-state index in [9.17, 15) is 0 Å². The minimum atomic E-state index is 0.281. The van der Waals surface area contributed by atoms with Crippen molar-refractivity contribution in [3.05, 3.63) is 42.2 Å².